The standard InChI is InChI=1S/C25H35N5O8/c1-12(2)20(25(37)38)29-23(35)18(8-9-19(32)33)28-24(36)21(13(3)31)30-22(34)16(26)10-14-11-27-17-7-5-4-6-15(14)17/h4-7,11-13,16,18,20-21,27,31H,8-10,26H2,1-3H3,(H,28,36)(H,29,35)(H,30,34)(H,32,33)(H,37,38). The molecule has 0 radical (unpaired) electrons. The van der Waals surface area contributed by atoms with Gasteiger partial charge in [0.05, 0.1) is 12.1 Å². The second-order valence-electron chi connectivity index (χ2n) is 9.46. The third-order valence-corrected chi connectivity index (χ3v) is 6.02. The highest BCUT2D eigenvalue weighted by Crippen LogP contribution is 2.18. The fourth-order valence-electron chi connectivity index (χ4n) is 3.86. The van der Waals surface area contributed by atoms with Crippen molar-refractivity contribution >= 4 is 40.6 Å². The van der Waals surface area contributed by atoms with Crippen molar-refractivity contribution in [1.82, 2.24) is 20.9 Å². The number of aromatic nitrogens is 1. The van der Waals surface area contributed by atoms with E-state index in [-0.39, 0.29) is 12.8 Å². The van der Waals surface area contributed by atoms with Gasteiger partial charge in [-0.25, -0.2) is 4.79 Å². The van der Waals surface area contributed by atoms with E-state index in [1.165, 1.54) is 6.92 Å². The quantitative estimate of drug-likeness (QED) is 0.156. The Bertz CT molecular complexity index is 1160. The number of carbonyl (C=O) groups is 5. The fraction of sp³-hybridized carbons (Fsp3) is 0.480. The monoisotopic (exact) mass is 533 g/mol. The van der Waals surface area contributed by atoms with E-state index < -0.39 is 72.3 Å². The van der Waals surface area contributed by atoms with Crippen molar-refractivity contribution in [1.29, 1.82) is 0 Å². The van der Waals surface area contributed by atoms with Crippen molar-refractivity contribution in [2.24, 2.45) is 11.7 Å². The Hall–Kier alpha value is -3.97. The lowest BCUT2D eigenvalue weighted by Gasteiger charge is -2.27. The molecule has 0 aliphatic carbocycles. The first kappa shape index (κ1) is 30.3. The largest absolute Gasteiger partial charge is 0.481 e. The second-order valence-corrected chi connectivity index (χ2v) is 9.46. The number of aliphatic hydroxyl groups excluding tert-OH is 1. The summed E-state index contributed by atoms with van der Waals surface area (Å²) in [5.74, 6) is -5.62. The molecule has 0 saturated carbocycles. The van der Waals surface area contributed by atoms with Gasteiger partial charge in [0.1, 0.15) is 18.1 Å². The number of aliphatic hydroxyl groups is 1. The van der Waals surface area contributed by atoms with E-state index in [9.17, 15) is 34.2 Å². The molecule has 1 aromatic carbocycles. The molecule has 1 aromatic heterocycles. The third-order valence-electron chi connectivity index (χ3n) is 6.02. The van der Waals surface area contributed by atoms with E-state index >= 15 is 0 Å². The number of hydrogen-bond donors (Lipinski definition) is 8. The topological polar surface area (TPSA) is 224 Å². The molecular weight excluding hydrogens is 498 g/mol. The van der Waals surface area contributed by atoms with Crippen LogP contribution in [0, 0.1) is 5.92 Å². The number of carboxylic acids is 2. The van der Waals surface area contributed by atoms with Crippen LogP contribution in [0.3, 0.4) is 0 Å². The van der Waals surface area contributed by atoms with Gasteiger partial charge in [0, 0.05) is 23.5 Å². The number of rotatable bonds is 14. The van der Waals surface area contributed by atoms with Crippen LogP contribution in [0.2, 0.25) is 0 Å². The zero-order valence-electron chi connectivity index (χ0n) is 21.4. The molecular formula is C25H35N5O8. The van der Waals surface area contributed by atoms with Crippen LogP contribution in [0.25, 0.3) is 10.9 Å². The number of nitrogens with one attached hydrogen (secondary N) is 4. The van der Waals surface area contributed by atoms with Crippen LogP contribution >= 0.6 is 0 Å². The van der Waals surface area contributed by atoms with Crippen LogP contribution in [0.15, 0.2) is 30.5 Å². The second kappa shape index (κ2) is 13.5. The van der Waals surface area contributed by atoms with Crippen molar-refractivity contribution < 1.29 is 39.3 Å². The Morgan fingerprint density at radius 3 is 2.13 bits per heavy atom. The van der Waals surface area contributed by atoms with Gasteiger partial charge in [0.25, 0.3) is 0 Å². The minimum Gasteiger partial charge on any atom is -0.481 e. The lowest BCUT2D eigenvalue weighted by Crippen LogP contribution is -2.60. The molecule has 13 heteroatoms. The summed E-state index contributed by atoms with van der Waals surface area (Å²) in [5.41, 5.74) is 7.71. The van der Waals surface area contributed by atoms with Crippen LogP contribution in [-0.2, 0) is 30.4 Å². The summed E-state index contributed by atoms with van der Waals surface area (Å²) in [7, 11) is 0. The van der Waals surface area contributed by atoms with Crippen LogP contribution < -0.4 is 21.7 Å². The summed E-state index contributed by atoms with van der Waals surface area (Å²) in [6.07, 6.45) is -0.384. The van der Waals surface area contributed by atoms with Gasteiger partial charge >= 0.3 is 11.9 Å². The number of carboxylic acid groups (broad SMARTS) is 2. The molecule has 0 fully saturated rings. The Labute approximate surface area is 219 Å². The van der Waals surface area contributed by atoms with E-state index in [1.807, 2.05) is 24.3 Å². The zero-order chi connectivity index (χ0) is 28.6. The number of fused-ring (bicyclic) bond motifs is 1. The first-order chi connectivity index (χ1) is 17.8. The number of aromatic amines is 1. The zero-order valence-corrected chi connectivity index (χ0v) is 21.4. The molecule has 0 saturated heterocycles. The number of para-hydroxylation sites is 1. The number of carbonyl (C=O) groups excluding carboxylic acids is 3. The SMILES string of the molecule is CC(C)C(NC(=O)C(CCC(=O)O)NC(=O)C(NC(=O)C(N)Cc1c[nH]c2ccccc12)C(C)O)C(=O)O. The number of hydrogen-bond acceptors (Lipinski definition) is 7. The van der Waals surface area contributed by atoms with Gasteiger partial charge in [0.15, 0.2) is 0 Å². The van der Waals surface area contributed by atoms with Crippen LogP contribution in [0.5, 0.6) is 0 Å². The maximum absolute atomic E-state index is 13.0. The Balaban J connectivity index is 2.12. The minimum absolute atomic E-state index is 0.138. The van der Waals surface area contributed by atoms with Gasteiger partial charge in [-0.3, -0.25) is 19.2 Å². The molecule has 0 aliphatic heterocycles. The third kappa shape index (κ3) is 8.28. The summed E-state index contributed by atoms with van der Waals surface area (Å²) >= 11 is 0. The highest BCUT2D eigenvalue weighted by atomic mass is 16.4. The van der Waals surface area contributed by atoms with Gasteiger partial charge < -0.3 is 42.0 Å². The van der Waals surface area contributed by atoms with E-state index in [2.05, 4.69) is 20.9 Å². The lowest BCUT2D eigenvalue weighted by atomic mass is 10.0. The predicted octanol–water partition coefficient (Wildman–Crippen LogP) is -0.522. The molecule has 38 heavy (non-hydrogen) atoms. The molecule has 3 amide bonds. The maximum atomic E-state index is 13.0. The van der Waals surface area contributed by atoms with Gasteiger partial charge in [-0.1, -0.05) is 32.0 Å². The van der Waals surface area contributed by atoms with Crippen molar-refractivity contribution in [2.75, 3.05) is 0 Å². The number of benzene rings is 1. The number of aliphatic carboxylic acids is 2. The maximum Gasteiger partial charge on any atom is 0.326 e. The normalized spacial score (nSPS) is 15.2. The molecule has 2 aromatic rings. The highest BCUT2D eigenvalue weighted by Gasteiger charge is 2.33. The summed E-state index contributed by atoms with van der Waals surface area (Å²) in [5, 5.41) is 36.4. The molecule has 208 valence electrons. The number of nitrogens with two attached hydrogens (primary N) is 1. The molecule has 0 spiro atoms. The van der Waals surface area contributed by atoms with E-state index in [4.69, 9.17) is 10.8 Å². The summed E-state index contributed by atoms with van der Waals surface area (Å²) < 4.78 is 0. The van der Waals surface area contributed by atoms with E-state index in [0.717, 1.165) is 16.5 Å². The summed E-state index contributed by atoms with van der Waals surface area (Å²) in [6.45, 7) is 4.39. The molecule has 0 aliphatic rings. The molecule has 5 unspecified atom stereocenters. The highest BCUT2D eigenvalue weighted by molar-refractivity contribution is 5.95. The average Bonchev–Trinajstić information content (AvgIpc) is 3.24. The molecule has 5 atom stereocenters. The number of amides is 3. The smallest absolute Gasteiger partial charge is 0.326 e. The molecule has 13 nitrogen and oxygen atoms in total. The molecule has 0 bridgehead atoms. The summed E-state index contributed by atoms with van der Waals surface area (Å²) in [6, 6.07) is 2.14. The van der Waals surface area contributed by atoms with Crippen molar-refractivity contribution in [3.8, 4) is 0 Å². The lowest BCUT2D eigenvalue weighted by molar-refractivity contribution is -0.144. The molecule has 2 rings (SSSR count). The van der Waals surface area contributed by atoms with Crippen LogP contribution in [0.1, 0.15) is 39.2 Å². The molecule has 9 N–H and O–H groups in total. The van der Waals surface area contributed by atoms with Crippen molar-refractivity contribution in [3.63, 3.8) is 0 Å². The van der Waals surface area contributed by atoms with Gasteiger partial charge in [-0.05, 0) is 37.3 Å². The van der Waals surface area contributed by atoms with Crippen LogP contribution in [-0.4, -0.2) is 80.2 Å². The fourth-order valence-corrected chi connectivity index (χ4v) is 3.86. The first-order valence-electron chi connectivity index (χ1n) is 12.2. The predicted molar refractivity (Wildman–Crippen MR) is 137 cm³/mol. The van der Waals surface area contributed by atoms with Gasteiger partial charge in [-0.15, -0.1) is 0 Å². The van der Waals surface area contributed by atoms with E-state index in [1.54, 1.807) is 20.0 Å². The van der Waals surface area contributed by atoms with Crippen LogP contribution in [0.4, 0.5) is 0 Å². The minimum atomic E-state index is -1.52. The van der Waals surface area contributed by atoms with Gasteiger partial charge in [-0.2, -0.15) is 0 Å². The molecule has 1 heterocycles. The summed E-state index contributed by atoms with van der Waals surface area (Å²) in [4.78, 5) is 64.2. The average molecular weight is 534 g/mol. The van der Waals surface area contributed by atoms with Gasteiger partial charge in [0.2, 0.25) is 17.7 Å². The Morgan fingerprint density at radius 1 is 0.921 bits per heavy atom. The Kier molecular flexibility index (Phi) is 10.8. The number of H-pyrrole nitrogens is 1. The van der Waals surface area contributed by atoms with E-state index in [0.29, 0.717) is 0 Å². The Morgan fingerprint density at radius 2 is 1.55 bits per heavy atom. The first-order valence-corrected chi connectivity index (χ1v) is 12.2. The van der Waals surface area contributed by atoms with Crippen molar-refractivity contribution in [2.45, 2.75) is 70.3 Å². The van der Waals surface area contributed by atoms with Crippen molar-refractivity contribution in [3.05, 3.63) is 36.0 Å².